The summed E-state index contributed by atoms with van der Waals surface area (Å²) < 4.78 is 5.01. The third-order valence-electron chi connectivity index (χ3n) is 3.60. The summed E-state index contributed by atoms with van der Waals surface area (Å²) in [6.07, 6.45) is 2.34. The lowest BCUT2D eigenvalue weighted by molar-refractivity contribution is 0.0527. The van der Waals surface area contributed by atoms with Crippen molar-refractivity contribution in [2.45, 2.75) is 27.2 Å². The molecule has 0 fully saturated rings. The van der Waals surface area contributed by atoms with E-state index in [-0.39, 0.29) is 12.3 Å². The molecule has 2 rings (SSSR count). The number of nitrogens with one attached hydrogen (secondary N) is 2. The first-order valence-corrected chi connectivity index (χ1v) is 8.64. The molecular weight excluding hydrogens is 332 g/mol. The van der Waals surface area contributed by atoms with E-state index < -0.39 is 11.9 Å². The summed E-state index contributed by atoms with van der Waals surface area (Å²) in [5.41, 5.74) is 0.890. The molecule has 1 heterocycles. The van der Waals surface area contributed by atoms with E-state index in [0.717, 1.165) is 13.0 Å². The zero-order valence-electron chi connectivity index (χ0n) is 15.3. The van der Waals surface area contributed by atoms with Crippen molar-refractivity contribution in [3.8, 4) is 0 Å². The summed E-state index contributed by atoms with van der Waals surface area (Å²) in [6.45, 7) is 7.04. The van der Waals surface area contributed by atoms with Crippen LogP contribution in [0.15, 0.2) is 36.7 Å². The van der Waals surface area contributed by atoms with Crippen LogP contribution in [0.2, 0.25) is 0 Å². The van der Waals surface area contributed by atoms with Crippen molar-refractivity contribution in [2.75, 3.05) is 23.8 Å². The monoisotopic (exact) mass is 356 g/mol. The molecule has 138 valence electrons. The topological polar surface area (TPSA) is 93.2 Å². The Kier molecular flexibility index (Phi) is 7.08. The largest absolute Gasteiger partial charge is 0.462 e. The Balaban J connectivity index is 2.10. The maximum absolute atomic E-state index is 12.5. The second-order valence-corrected chi connectivity index (χ2v) is 6.12. The zero-order valence-corrected chi connectivity index (χ0v) is 15.3. The highest BCUT2D eigenvalue weighted by Gasteiger charge is 2.16. The molecule has 0 radical (unpaired) electrons. The number of amides is 1. The molecule has 2 N–H and O–H groups in total. The predicted octanol–water partition coefficient (Wildman–Crippen LogP) is 3.36. The lowest BCUT2D eigenvalue weighted by atomic mass is 10.1. The number of carbonyl (C=O) groups excluding carboxylic acids is 2. The van der Waals surface area contributed by atoms with E-state index in [1.807, 2.05) is 0 Å². The second-order valence-electron chi connectivity index (χ2n) is 6.12. The number of carbonyl (C=O) groups is 2. The molecule has 1 amide bonds. The molecule has 1 aromatic carbocycles. The van der Waals surface area contributed by atoms with Gasteiger partial charge in [-0.15, -0.1) is 0 Å². The van der Waals surface area contributed by atoms with Crippen molar-refractivity contribution < 1.29 is 14.3 Å². The summed E-state index contributed by atoms with van der Waals surface area (Å²) in [4.78, 5) is 32.6. The quantitative estimate of drug-likeness (QED) is 0.705. The van der Waals surface area contributed by atoms with E-state index in [0.29, 0.717) is 23.0 Å². The van der Waals surface area contributed by atoms with E-state index in [9.17, 15) is 9.59 Å². The Morgan fingerprint density at radius 3 is 2.69 bits per heavy atom. The third kappa shape index (κ3) is 5.54. The fourth-order valence-electron chi connectivity index (χ4n) is 2.23. The highest BCUT2D eigenvalue weighted by atomic mass is 16.5. The van der Waals surface area contributed by atoms with E-state index in [4.69, 9.17) is 4.74 Å². The predicted molar refractivity (Wildman–Crippen MR) is 100 cm³/mol. The molecule has 26 heavy (non-hydrogen) atoms. The SMILES string of the molecule is CCOC(=O)c1ccccc1NC(=O)c1cc(NCCC(C)C)ncn1. The molecule has 0 spiro atoms. The van der Waals surface area contributed by atoms with Gasteiger partial charge in [-0.1, -0.05) is 26.0 Å². The van der Waals surface area contributed by atoms with Gasteiger partial charge in [0.25, 0.3) is 5.91 Å². The van der Waals surface area contributed by atoms with Gasteiger partial charge in [0.2, 0.25) is 0 Å². The summed E-state index contributed by atoms with van der Waals surface area (Å²) in [7, 11) is 0. The Bertz CT molecular complexity index is 762. The highest BCUT2D eigenvalue weighted by molar-refractivity contribution is 6.07. The second kappa shape index (κ2) is 9.50. The fraction of sp³-hybridized carbons (Fsp3) is 0.368. The minimum atomic E-state index is -0.484. The molecule has 7 heteroatoms. The first-order valence-electron chi connectivity index (χ1n) is 8.64. The van der Waals surface area contributed by atoms with Crippen LogP contribution in [0, 0.1) is 5.92 Å². The van der Waals surface area contributed by atoms with Crippen molar-refractivity contribution in [1.82, 2.24) is 9.97 Å². The van der Waals surface area contributed by atoms with Gasteiger partial charge in [-0.05, 0) is 31.4 Å². The third-order valence-corrected chi connectivity index (χ3v) is 3.60. The van der Waals surface area contributed by atoms with E-state index >= 15 is 0 Å². The van der Waals surface area contributed by atoms with Crippen LogP contribution in [-0.4, -0.2) is 35.0 Å². The summed E-state index contributed by atoms with van der Waals surface area (Å²) in [6, 6.07) is 8.28. The smallest absolute Gasteiger partial charge is 0.340 e. The average Bonchev–Trinajstić information content (AvgIpc) is 2.62. The lowest BCUT2D eigenvalue weighted by Gasteiger charge is -2.11. The number of hydrogen-bond donors (Lipinski definition) is 2. The lowest BCUT2D eigenvalue weighted by Crippen LogP contribution is -2.17. The van der Waals surface area contributed by atoms with Gasteiger partial charge in [-0.2, -0.15) is 0 Å². The Hall–Kier alpha value is -2.96. The minimum absolute atomic E-state index is 0.214. The molecule has 0 saturated heterocycles. The summed E-state index contributed by atoms with van der Waals surface area (Å²) >= 11 is 0. The highest BCUT2D eigenvalue weighted by Crippen LogP contribution is 2.17. The van der Waals surface area contributed by atoms with Crippen molar-refractivity contribution in [3.63, 3.8) is 0 Å². The van der Waals surface area contributed by atoms with Crippen molar-refractivity contribution in [3.05, 3.63) is 47.9 Å². The van der Waals surface area contributed by atoms with Gasteiger partial charge in [-0.3, -0.25) is 4.79 Å². The number of anilines is 2. The summed E-state index contributed by atoms with van der Waals surface area (Å²) in [5, 5.41) is 5.89. The number of rotatable bonds is 8. The van der Waals surface area contributed by atoms with Gasteiger partial charge in [0.05, 0.1) is 17.9 Å². The van der Waals surface area contributed by atoms with Crippen LogP contribution in [0.5, 0.6) is 0 Å². The van der Waals surface area contributed by atoms with Crippen molar-refractivity contribution >= 4 is 23.4 Å². The van der Waals surface area contributed by atoms with Crippen molar-refractivity contribution in [1.29, 1.82) is 0 Å². The Morgan fingerprint density at radius 1 is 1.19 bits per heavy atom. The molecule has 0 atom stereocenters. The molecule has 7 nitrogen and oxygen atoms in total. The molecule has 0 bridgehead atoms. The normalized spacial score (nSPS) is 10.5. The van der Waals surface area contributed by atoms with Gasteiger partial charge in [-0.25, -0.2) is 14.8 Å². The number of para-hydroxylation sites is 1. The molecule has 2 aromatic rings. The average molecular weight is 356 g/mol. The number of hydrogen-bond acceptors (Lipinski definition) is 6. The maximum Gasteiger partial charge on any atom is 0.340 e. The van der Waals surface area contributed by atoms with Gasteiger partial charge in [0.1, 0.15) is 17.8 Å². The maximum atomic E-state index is 12.5. The standard InChI is InChI=1S/C19H24N4O3/c1-4-26-19(25)14-7-5-6-8-15(14)23-18(24)16-11-17(22-12-21-16)20-10-9-13(2)3/h5-8,11-13H,4,9-10H2,1-3H3,(H,23,24)(H,20,21,22). The Labute approximate surface area is 153 Å². The molecule has 0 aliphatic carbocycles. The van der Waals surface area contributed by atoms with Crippen LogP contribution in [0.4, 0.5) is 11.5 Å². The number of esters is 1. The van der Waals surface area contributed by atoms with Crippen molar-refractivity contribution in [2.24, 2.45) is 5.92 Å². The van der Waals surface area contributed by atoms with Gasteiger partial charge in [0.15, 0.2) is 0 Å². The molecule has 0 aliphatic heterocycles. The van der Waals surface area contributed by atoms with Gasteiger partial charge < -0.3 is 15.4 Å². The number of nitrogens with zero attached hydrogens (tertiary/aromatic N) is 2. The first-order chi connectivity index (χ1) is 12.5. The Morgan fingerprint density at radius 2 is 1.96 bits per heavy atom. The molecule has 0 unspecified atom stereocenters. The fourth-order valence-corrected chi connectivity index (χ4v) is 2.23. The molecule has 1 aromatic heterocycles. The van der Waals surface area contributed by atoms with Crippen LogP contribution < -0.4 is 10.6 Å². The van der Waals surface area contributed by atoms with Gasteiger partial charge >= 0.3 is 5.97 Å². The van der Waals surface area contributed by atoms with E-state index in [1.165, 1.54) is 6.33 Å². The number of benzene rings is 1. The van der Waals surface area contributed by atoms with Crippen LogP contribution >= 0.6 is 0 Å². The minimum Gasteiger partial charge on any atom is -0.462 e. The molecule has 0 aliphatic rings. The van der Waals surface area contributed by atoms with Crippen LogP contribution in [0.25, 0.3) is 0 Å². The zero-order chi connectivity index (χ0) is 18.9. The molecule has 0 saturated carbocycles. The van der Waals surface area contributed by atoms with Crippen LogP contribution in [0.3, 0.4) is 0 Å². The first kappa shape index (κ1) is 19.4. The summed E-state index contributed by atoms with van der Waals surface area (Å²) in [5.74, 6) is 0.258. The molecular formula is C19H24N4O3. The van der Waals surface area contributed by atoms with E-state index in [1.54, 1.807) is 37.3 Å². The van der Waals surface area contributed by atoms with Gasteiger partial charge in [0, 0.05) is 12.6 Å². The van der Waals surface area contributed by atoms with Crippen LogP contribution in [0.1, 0.15) is 48.0 Å². The van der Waals surface area contributed by atoms with Crippen LogP contribution in [-0.2, 0) is 4.74 Å². The number of ether oxygens (including phenoxy) is 1. The number of aromatic nitrogens is 2. The van der Waals surface area contributed by atoms with E-state index in [2.05, 4.69) is 34.4 Å².